The van der Waals surface area contributed by atoms with Crippen molar-refractivity contribution in [1.29, 1.82) is 0 Å². The summed E-state index contributed by atoms with van der Waals surface area (Å²) in [6, 6.07) is 1.08. The second kappa shape index (κ2) is 7.07. The molecule has 0 aromatic rings. The van der Waals surface area contributed by atoms with Crippen LogP contribution < -0.4 is 5.32 Å². The van der Waals surface area contributed by atoms with E-state index < -0.39 is 5.54 Å². The van der Waals surface area contributed by atoms with E-state index in [9.17, 15) is 4.79 Å². The van der Waals surface area contributed by atoms with Crippen molar-refractivity contribution >= 4 is 5.97 Å². The maximum atomic E-state index is 12.4. The third-order valence-electron chi connectivity index (χ3n) is 4.58. The van der Waals surface area contributed by atoms with E-state index in [-0.39, 0.29) is 5.97 Å². The van der Waals surface area contributed by atoms with Crippen LogP contribution in [0.1, 0.15) is 39.5 Å². The smallest absolute Gasteiger partial charge is 0.327 e. The topological polar surface area (TPSA) is 44.8 Å². The van der Waals surface area contributed by atoms with Crippen molar-refractivity contribution in [3.05, 3.63) is 0 Å². The second-order valence-corrected chi connectivity index (χ2v) is 6.97. The Morgan fingerprint density at radius 3 is 2.67 bits per heavy atom. The number of likely N-dealkylation sites (N-methyl/N-ethyl adjacent to an activating group) is 1. The number of hydrogen-bond acceptors (Lipinski definition) is 5. The van der Waals surface area contributed by atoms with Gasteiger partial charge in [-0.3, -0.25) is 15.0 Å². The molecule has 21 heavy (non-hydrogen) atoms. The number of esters is 1. The SMILES string of the molecule is CCOC(=O)C(C)(CN1CCCC(N(C)C)C1)NC1CC1. The Bertz CT molecular complexity index is 357. The number of nitrogens with one attached hydrogen (secondary N) is 1. The van der Waals surface area contributed by atoms with Gasteiger partial charge in [-0.1, -0.05) is 0 Å². The molecule has 5 nitrogen and oxygen atoms in total. The molecule has 0 radical (unpaired) electrons. The van der Waals surface area contributed by atoms with E-state index in [2.05, 4.69) is 29.2 Å². The van der Waals surface area contributed by atoms with Gasteiger partial charge >= 0.3 is 5.97 Å². The van der Waals surface area contributed by atoms with Crippen molar-refractivity contribution in [2.45, 2.75) is 57.2 Å². The number of carbonyl (C=O) groups excluding carboxylic acids is 1. The maximum Gasteiger partial charge on any atom is 0.327 e. The molecule has 1 aliphatic heterocycles. The molecule has 0 spiro atoms. The fourth-order valence-corrected chi connectivity index (χ4v) is 3.18. The van der Waals surface area contributed by atoms with Crippen LogP contribution in [-0.4, -0.2) is 73.7 Å². The average Bonchev–Trinajstić information content (AvgIpc) is 3.23. The molecular weight excluding hydrogens is 266 g/mol. The number of carbonyl (C=O) groups is 1. The molecule has 5 heteroatoms. The normalized spacial score (nSPS) is 26.6. The lowest BCUT2D eigenvalue weighted by Gasteiger charge is -2.40. The van der Waals surface area contributed by atoms with Gasteiger partial charge in [-0.05, 0) is 60.2 Å². The number of rotatable bonds is 7. The molecule has 1 saturated carbocycles. The summed E-state index contributed by atoms with van der Waals surface area (Å²) in [7, 11) is 4.28. The first-order valence-corrected chi connectivity index (χ1v) is 8.28. The zero-order valence-electron chi connectivity index (χ0n) is 14.0. The van der Waals surface area contributed by atoms with E-state index in [0.717, 1.165) is 19.6 Å². The van der Waals surface area contributed by atoms with E-state index in [1.807, 2.05) is 13.8 Å². The van der Waals surface area contributed by atoms with Crippen molar-refractivity contribution in [3.8, 4) is 0 Å². The first-order valence-electron chi connectivity index (χ1n) is 8.28. The van der Waals surface area contributed by atoms with Gasteiger partial charge in [0.1, 0.15) is 5.54 Å². The molecule has 0 aromatic carbocycles. The van der Waals surface area contributed by atoms with Gasteiger partial charge in [0.25, 0.3) is 0 Å². The Hall–Kier alpha value is -0.650. The summed E-state index contributed by atoms with van der Waals surface area (Å²) in [5.74, 6) is -0.108. The summed E-state index contributed by atoms with van der Waals surface area (Å²) in [5, 5.41) is 3.51. The lowest BCUT2D eigenvalue weighted by atomic mass is 9.98. The van der Waals surface area contributed by atoms with E-state index in [1.54, 1.807) is 0 Å². The van der Waals surface area contributed by atoms with Gasteiger partial charge in [0.2, 0.25) is 0 Å². The monoisotopic (exact) mass is 297 g/mol. The van der Waals surface area contributed by atoms with Crippen LogP contribution in [0.3, 0.4) is 0 Å². The van der Waals surface area contributed by atoms with Gasteiger partial charge in [0.05, 0.1) is 6.61 Å². The Labute approximate surface area is 129 Å². The van der Waals surface area contributed by atoms with Gasteiger partial charge < -0.3 is 9.64 Å². The average molecular weight is 297 g/mol. The van der Waals surface area contributed by atoms with Crippen molar-refractivity contribution in [2.24, 2.45) is 0 Å². The van der Waals surface area contributed by atoms with Gasteiger partial charge in [0.15, 0.2) is 0 Å². The minimum absolute atomic E-state index is 0.108. The van der Waals surface area contributed by atoms with Crippen LogP contribution in [0.2, 0.25) is 0 Å². The predicted molar refractivity (Wildman–Crippen MR) is 84.3 cm³/mol. The van der Waals surface area contributed by atoms with Crippen molar-refractivity contribution in [2.75, 3.05) is 40.3 Å². The fraction of sp³-hybridized carbons (Fsp3) is 0.938. The number of ether oxygens (including phenoxy) is 1. The first-order chi connectivity index (χ1) is 9.94. The van der Waals surface area contributed by atoms with Crippen LogP contribution in [0.4, 0.5) is 0 Å². The Balaban J connectivity index is 1.98. The van der Waals surface area contributed by atoms with Crippen molar-refractivity contribution in [1.82, 2.24) is 15.1 Å². The van der Waals surface area contributed by atoms with Gasteiger partial charge in [-0.25, -0.2) is 0 Å². The van der Waals surface area contributed by atoms with E-state index in [4.69, 9.17) is 4.74 Å². The quantitative estimate of drug-likeness (QED) is 0.713. The third kappa shape index (κ3) is 4.66. The molecule has 2 aliphatic rings. The first kappa shape index (κ1) is 16.7. The van der Waals surface area contributed by atoms with E-state index >= 15 is 0 Å². The van der Waals surface area contributed by atoms with Crippen molar-refractivity contribution in [3.63, 3.8) is 0 Å². The summed E-state index contributed by atoms with van der Waals surface area (Å²) in [4.78, 5) is 17.1. The molecule has 0 bridgehead atoms. The standard InChI is InChI=1S/C16H31N3O2/c1-5-21-15(20)16(2,17-13-8-9-13)12-19-10-6-7-14(11-19)18(3)4/h13-14,17H,5-12H2,1-4H3. The van der Waals surface area contributed by atoms with Crippen molar-refractivity contribution < 1.29 is 9.53 Å². The summed E-state index contributed by atoms with van der Waals surface area (Å²) in [6.45, 7) is 7.18. The number of likely N-dealkylation sites (tertiary alicyclic amines) is 1. The minimum atomic E-state index is -0.578. The number of hydrogen-bond donors (Lipinski definition) is 1. The van der Waals surface area contributed by atoms with Gasteiger partial charge in [-0.15, -0.1) is 0 Å². The summed E-state index contributed by atoms with van der Waals surface area (Å²) in [5.41, 5.74) is -0.578. The van der Waals surface area contributed by atoms with Crippen LogP contribution in [0.15, 0.2) is 0 Å². The van der Waals surface area contributed by atoms with Crippen LogP contribution in [0.5, 0.6) is 0 Å². The summed E-state index contributed by atoms with van der Waals surface area (Å²) in [6.07, 6.45) is 4.80. The fourth-order valence-electron chi connectivity index (χ4n) is 3.18. The van der Waals surface area contributed by atoms with E-state index in [0.29, 0.717) is 18.7 Å². The predicted octanol–water partition coefficient (Wildman–Crippen LogP) is 1.09. The second-order valence-electron chi connectivity index (χ2n) is 6.97. The van der Waals surface area contributed by atoms with Crippen LogP contribution >= 0.6 is 0 Å². The number of nitrogens with zero attached hydrogens (tertiary/aromatic N) is 2. The third-order valence-corrected chi connectivity index (χ3v) is 4.58. The summed E-state index contributed by atoms with van der Waals surface area (Å²) < 4.78 is 5.31. The molecule has 2 atom stereocenters. The van der Waals surface area contributed by atoms with Crippen LogP contribution in [0, 0.1) is 0 Å². The highest BCUT2D eigenvalue weighted by Gasteiger charge is 2.41. The Kier molecular flexibility index (Phi) is 5.63. The molecule has 1 saturated heterocycles. The minimum Gasteiger partial charge on any atom is -0.465 e. The Morgan fingerprint density at radius 1 is 1.38 bits per heavy atom. The lowest BCUT2D eigenvalue weighted by molar-refractivity contribution is -0.151. The summed E-state index contributed by atoms with van der Waals surface area (Å²) >= 11 is 0. The lowest BCUT2D eigenvalue weighted by Crippen LogP contribution is -2.60. The highest BCUT2D eigenvalue weighted by molar-refractivity contribution is 5.80. The molecule has 2 fully saturated rings. The van der Waals surface area contributed by atoms with Gasteiger partial charge in [-0.2, -0.15) is 0 Å². The maximum absolute atomic E-state index is 12.4. The molecule has 0 aromatic heterocycles. The zero-order valence-corrected chi connectivity index (χ0v) is 14.0. The highest BCUT2D eigenvalue weighted by atomic mass is 16.5. The largest absolute Gasteiger partial charge is 0.465 e. The molecule has 122 valence electrons. The van der Waals surface area contributed by atoms with Crippen LogP contribution in [0.25, 0.3) is 0 Å². The number of piperidine rings is 1. The highest BCUT2D eigenvalue weighted by Crippen LogP contribution is 2.25. The Morgan fingerprint density at radius 2 is 2.10 bits per heavy atom. The van der Waals surface area contributed by atoms with E-state index in [1.165, 1.54) is 25.7 Å². The molecule has 0 amide bonds. The molecule has 2 unspecified atom stereocenters. The van der Waals surface area contributed by atoms with Gasteiger partial charge in [0, 0.05) is 25.2 Å². The molecule has 1 heterocycles. The molecular formula is C16H31N3O2. The zero-order chi connectivity index (χ0) is 15.5. The molecule has 1 N–H and O–H groups in total. The van der Waals surface area contributed by atoms with Crippen LogP contribution in [-0.2, 0) is 9.53 Å². The molecule has 2 rings (SSSR count). The molecule has 1 aliphatic carbocycles.